The third kappa shape index (κ3) is 5.08. The quantitative estimate of drug-likeness (QED) is 0.507. The molecule has 0 aromatic heterocycles. The lowest BCUT2D eigenvalue weighted by molar-refractivity contribution is -0.137. The lowest BCUT2D eigenvalue weighted by Gasteiger charge is -2.14. The van der Waals surface area contributed by atoms with Gasteiger partial charge in [-0.1, -0.05) is 48.9 Å². The highest BCUT2D eigenvalue weighted by molar-refractivity contribution is 5.71. The molecule has 0 saturated heterocycles. The van der Waals surface area contributed by atoms with Crippen molar-refractivity contribution < 1.29 is 14.7 Å². The Kier molecular flexibility index (Phi) is 7.25. The topological polar surface area (TPSA) is 54.4 Å². The number of benzene rings is 2. The van der Waals surface area contributed by atoms with Crippen molar-refractivity contribution in [3.63, 3.8) is 0 Å². The van der Waals surface area contributed by atoms with E-state index >= 15 is 0 Å². The lowest BCUT2D eigenvalue weighted by atomic mass is 9.91. The molecule has 0 saturated carbocycles. The van der Waals surface area contributed by atoms with Crippen molar-refractivity contribution in [2.75, 3.05) is 0 Å². The van der Waals surface area contributed by atoms with Gasteiger partial charge < -0.3 is 9.90 Å². The minimum absolute atomic E-state index is 0.0548. The molecular weight excluding hydrogens is 372 g/mol. The zero-order valence-electron chi connectivity index (χ0n) is 18.3. The fourth-order valence-electron chi connectivity index (χ4n) is 4.50. The van der Waals surface area contributed by atoms with Gasteiger partial charge in [-0.25, -0.2) is 0 Å². The van der Waals surface area contributed by atoms with Crippen molar-refractivity contribution in [1.82, 2.24) is 0 Å². The molecule has 2 aromatic carbocycles. The number of hydrogen-bond acceptors (Lipinski definition) is 2. The monoisotopic (exact) mass is 404 g/mol. The fourth-order valence-corrected chi connectivity index (χ4v) is 4.50. The Morgan fingerprint density at radius 1 is 0.967 bits per heavy atom. The number of carboxylic acid groups (broad SMARTS) is 1. The number of rotatable bonds is 9. The van der Waals surface area contributed by atoms with Crippen molar-refractivity contribution in [3.8, 4) is 0 Å². The lowest BCUT2D eigenvalue weighted by Crippen LogP contribution is -2.02. The average molecular weight is 405 g/mol. The van der Waals surface area contributed by atoms with Crippen LogP contribution in [0, 0.1) is 13.8 Å². The number of aldehydes is 1. The Labute approximate surface area is 179 Å². The van der Waals surface area contributed by atoms with Crippen molar-refractivity contribution in [2.24, 2.45) is 0 Å². The predicted octanol–water partition coefficient (Wildman–Crippen LogP) is 6.19. The van der Waals surface area contributed by atoms with E-state index in [4.69, 9.17) is 5.11 Å². The molecule has 1 aliphatic carbocycles. The number of hydrogen-bond donors (Lipinski definition) is 1. The summed E-state index contributed by atoms with van der Waals surface area (Å²) < 4.78 is 0. The highest BCUT2D eigenvalue weighted by Gasteiger charge is 2.17. The molecule has 0 amide bonds. The van der Waals surface area contributed by atoms with Crippen LogP contribution in [0.15, 0.2) is 42.0 Å². The van der Waals surface area contributed by atoms with Gasteiger partial charge in [0, 0.05) is 12.3 Å². The normalized spacial score (nSPS) is 14.8. The zero-order chi connectivity index (χ0) is 21.7. The van der Waals surface area contributed by atoms with Crippen molar-refractivity contribution in [2.45, 2.75) is 71.6 Å². The summed E-state index contributed by atoms with van der Waals surface area (Å²) >= 11 is 0. The Morgan fingerprint density at radius 3 is 2.20 bits per heavy atom. The molecule has 0 spiro atoms. The first-order chi connectivity index (χ1) is 14.4. The minimum atomic E-state index is -0.745. The van der Waals surface area contributed by atoms with Gasteiger partial charge in [0.1, 0.15) is 6.29 Å². The standard InChI is InChI=1S/C27H32O3/c1-18(17-28)21-7-12-25(13-8-21)26-6-4-5-24(26)14-11-22-9-10-23(15-16-27(29)30)20(3)19(22)2/h7-10,12-13,17-18H,4-6,11,14-16H2,1-3H3,(H,29,30). The largest absolute Gasteiger partial charge is 0.481 e. The van der Waals surface area contributed by atoms with E-state index in [0.717, 1.165) is 43.1 Å². The molecule has 30 heavy (non-hydrogen) atoms. The van der Waals surface area contributed by atoms with Gasteiger partial charge in [0.2, 0.25) is 0 Å². The van der Waals surface area contributed by atoms with Crippen LogP contribution < -0.4 is 0 Å². The van der Waals surface area contributed by atoms with Gasteiger partial charge in [-0.05, 0) is 91.3 Å². The van der Waals surface area contributed by atoms with Crippen LogP contribution in [-0.2, 0) is 22.4 Å². The summed E-state index contributed by atoms with van der Waals surface area (Å²) in [7, 11) is 0. The summed E-state index contributed by atoms with van der Waals surface area (Å²) in [5, 5.41) is 8.95. The average Bonchev–Trinajstić information content (AvgIpc) is 3.22. The van der Waals surface area contributed by atoms with Gasteiger partial charge in [-0.3, -0.25) is 4.79 Å². The first-order valence-electron chi connectivity index (χ1n) is 11.0. The molecule has 1 aliphatic rings. The maximum Gasteiger partial charge on any atom is 0.303 e. The van der Waals surface area contributed by atoms with Crippen molar-refractivity contribution >= 4 is 17.8 Å². The van der Waals surface area contributed by atoms with Crippen molar-refractivity contribution in [1.29, 1.82) is 0 Å². The smallest absolute Gasteiger partial charge is 0.303 e. The highest BCUT2D eigenvalue weighted by Crippen LogP contribution is 2.37. The summed E-state index contributed by atoms with van der Waals surface area (Å²) in [6.07, 6.45) is 7.36. The van der Waals surface area contributed by atoms with Crippen LogP contribution in [-0.4, -0.2) is 17.4 Å². The summed E-state index contributed by atoms with van der Waals surface area (Å²) in [6, 6.07) is 12.8. The molecule has 0 fully saturated rings. The molecule has 1 N–H and O–H groups in total. The van der Waals surface area contributed by atoms with Gasteiger partial charge in [-0.2, -0.15) is 0 Å². The van der Waals surface area contributed by atoms with Crippen LogP contribution in [0.2, 0.25) is 0 Å². The summed E-state index contributed by atoms with van der Waals surface area (Å²) in [4.78, 5) is 21.9. The molecule has 1 atom stereocenters. The summed E-state index contributed by atoms with van der Waals surface area (Å²) in [5.41, 5.74) is 10.4. The molecule has 3 nitrogen and oxygen atoms in total. The first-order valence-corrected chi connectivity index (χ1v) is 11.0. The van der Waals surface area contributed by atoms with E-state index in [1.165, 1.54) is 34.2 Å². The number of allylic oxidation sites excluding steroid dienone is 2. The zero-order valence-corrected chi connectivity index (χ0v) is 18.3. The summed E-state index contributed by atoms with van der Waals surface area (Å²) in [5.74, 6) is -0.800. The number of carbonyl (C=O) groups excluding carboxylic acids is 1. The van der Waals surface area contributed by atoms with E-state index in [-0.39, 0.29) is 12.3 Å². The molecule has 2 aromatic rings. The first kappa shape index (κ1) is 22.0. The van der Waals surface area contributed by atoms with Crippen LogP contribution in [0.3, 0.4) is 0 Å². The fraction of sp³-hybridized carbons (Fsp3) is 0.407. The van der Waals surface area contributed by atoms with Crippen LogP contribution in [0.5, 0.6) is 0 Å². The Hall–Kier alpha value is -2.68. The minimum Gasteiger partial charge on any atom is -0.481 e. The molecule has 0 radical (unpaired) electrons. The second kappa shape index (κ2) is 9.88. The molecule has 3 heteroatoms. The van der Waals surface area contributed by atoms with E-state index in [2.05, 4.69) is 50.2 Å². The van der Waals surface area contributed by atoms with E-state index in [0.29, 0.717) is 6.42 Å². The molecule has 3 rings (SSSR count). The Bertz CT molecular complexity index is 951. The highest BCUT2D eigenvalue weighted by atomic mass is 16.4. The maximum absolute atomic E-state index is 11.0. The SMILES string of the molecule is Cc1c(CCC(=O)O)ccc(CCC2=C(c3ccc(C(C)C=O)cc3)CCC2)c1C. The van der Waals surface area contributed by atoms with E-state index < -0.39 is 5.97 Å². The number of aliphatic carboxylic acids is 1. The predicted molar refractivity (Wildman–Crippen MR) is 122 cm³/mol. The van der Waals surface area contributed by atoms with Gasteiger partial charge in [0.15, 0.2) is 0 Å². The molecule has 0 bridgehead atoms. The summed E-state index contributed by atoms with van der Waals surface area (Å²) in [6.45, 7) is 6.20. The van der Waals surface area contributed by atoms with E-state index in [1.807, 2.05) is 6.92 Å². The molecule has 158 valence electrons. The molecule has 0 aliphatic heterocycles. The van der Waals surface area contributed by atoms with Gasteiger partial charge >= 0.3 is 5.97 Å². The van der Waals surface area contributed by atoms with Crippen LogP contribution in [0.25, 0.3) is 5.57 Å². The number of aryl methyl sites for hydroxylation is 2. The maximum atomic E-state index is 11.0. The molecular formula is C27H32O3. The number of carboxylic acids is 1. The third-order valence-electron chi connectivity index (χ3n) is 6.64. The second-order valence-electron chi connectivity index (χ2n) is 8.51. The van der Waals surface area contributed by atoms with E-state index in [9.17, 15) is 9.59 Å². The second-order valence-corrected chi connectivity index (χ2v) is 8.51. The number of carbonyl (C=O) groups is 2. The van der Waals surface area contributed by atoms with Crippen LogP contribution in [0.1, 0.15) is 78.3 Å². The van der Waals surface area contributed by atoms with Gasteiger partial charge in [0.25, 0.3) is 0 Å². The van der Waals surface area contributed by atoms with Crippen molar-refractivity contribution in [3.05, 3.63) is 75.4 Å². The van der Waals surface area contributed by atoms with E-state index in [1.54, 1.807) is 5.57 Å². The van der Waals surface area contributed by atoms with Gasteiger partial charge in [-0.15, -0.1) is 0 Å². The molecule has 0 heterocycles. The van der Waals surface area contributed by atoms with Crippen LogP contribution >= 0.6 is 0 Å². The molecule has 1 unspecified atom stereocenters. The Morgan fingerprint density at radius 2 is 1.60 bits per heavy atom. The Balaban J connectivity index is 1.73. The third-order valence-corrected chi connectivity index (χ3v) is 6.64. The van der Waals surface area contributed by atoms with Gasteiger partial charge in [0.05, 0.1) is 0 Å². The van der Waals surface area contributed by atoms with Crippen LogP contribution in [0.4, 0.5) is 0 Å².